The lowest BCUT2D eigenvalue weighted by atomic mass is 10.2. The fourth-order valence-electron chi connectivity index (χ4n) is 3.93. The Labute approximate surface area is 210 Å². The number of methoxy groups -OCH3 is 1. The summed E-state index contributed by atoms with van der Waals surface area (Å²) in [6.45, 7) is 7.80. The number of nitrogens with zero attached hydrogens (tertiary/aromatic N) is 6. The van der Waals surface area contributed by atoms with Crippen molar-refractivity contribution in [3.8, 4) is 5.75 Å². The molecule has 0 atom stereocenters. The highest BCUT2D eigenvalue weighted by atomic mass is 127. The first kappa shape index (κ1) is 25.2. The number of halogens is 2. The molecule has 3 heterocycles. The number of pyridine rings is 1. The summed E-state index contributed by atoms with van der Waals surface area (Å²) in [7, 11) is 1.48. The fourth-order valence-corrected chi connectivity index (χ4v) is 3.93. The topological polar surface area (TPSA) is 70.3 Å². The van der Waals surface area contributed by atoms with Gasteiger partial charge in [0.1, 0.15) is 5.82 Å². The van der Waals surface area contributed by atoms with Crippen molar-refractivity contribution >= 4 is 35.6 Å². The van der Waals surface area contributed by atoms with Gasteiger partial charge in [-0.15, -0.1) is 34.2 Å². The molecule has 178 valence electrons. The molecular formula is C23H31FIN7O. The number of rotatable bonds is 7. The minimum atomic E-state index is -0.314. The summed E-state index contributed by atoms with van der Waals surface area (Å²) >= 11 is 0. The van der Waals surface area contributed by atoms with Crippen LogP contribution in [-0.4, -0.2) is 76.7 Å². The lowest BCUT2D eigenvalue weighted by Crippen LogP contribution is -2.52. The Morgan fingerprint density at radius 3 is 2.70 bits per heavy atom. The molecule has 1 N–H and O–H groups in total. The molecule has 3 aromatic rings. The number of guanidine groups is 1. The van der Waals surface area contributed by atoms with Crippen LogP contribution in [-0.2, 0) is 13.0 Å². The number of aromatic nitrogens is 3. The van der Waals surface area contributed by atoms with Crippen LogP contribution in [0, 0.1) is 5.82 Å². The van der Waals surface area contributed by atoms with Crippen LogP contribution in [0.1, 0.15) is 18.3 Å². The molecule has 0 radical (unpaired) electrons. The van der Waals surface area contributed by atoms with Crippen LogP contribution in [0.4, 0.5) is 4.39 Å². The number of aliphatic imine (C=N–C) groups is 1. The van der Waals surface area contributed by atoms with E-state index in [2.05, 4.69) is 32.2 Å². The quantitative estimate of drug-likeness (QED) is 0.269. The van der Waals surface area contributed by atoms with Gasteiger partial charge in [-0.25, -0.2) is 4.39 Å². The molecule has 10 heteroatoms. The smallest absolute Gasteiger partial charge is 0.194 e. The number of ether oxygens (including phenoxy) is 1. The monoisotopic (exact) mass is 567 g/mol. The second-order valence-corrected chi connectivity index (χ2v) is 7.76. The molecule has 33 heavy (non-hydrogen) atoms. The molecule has 0 unspecified atom stereocenters. The van der Waals surface area contributed by atoms with Gasteiger partial charge < -0.3 is 15.0 Å². The van der Waals surface area contributed by atoms with E-state index >= 15 is 0 Å². The lowest BCUT2D eigenvalue weighted by Gasteiger charge is -2.36. The molecule has 0 amide bonds. The van der Waals surface area contributed by atoms with E-state index < -0.39 is 0 Å². The van der Waals surface area contributed by atoms with Gasteiger partial charge in [0, 0.05) is 58.4 Å². The maximum absolute atomic E-state index is 14.0. The summed E-state index contributed by atoms with van der Waals surface area (Å²) < 4.78 is 21.0. The number of nitrogens with one attached hydrogen (secondary N) is 1. The summed E-state index contributed by atoms with van der Waals surface area (Å²) in [4.78, 5) is 9.45. The Morgan fingerprint density at radius 1 is 1.15 bits per heavy atom. The molecule has 0 saturated carbocycles. The summed E-state index contributed by atoms with van der Waals surface area (Å²) in [5.74, 6) is 1.81. The lowest BCUT2D eigenvalue weighted by molar-refractivity contribution is 0.172. The molecule has 8 nitrogen and oxygen atoms in total. The average molecular weight is 567 g/mol. The van der Waals surface area contributed by atoms with E-state index in [4.69, 9.17) is 9.73 Å². The molecule has 1 aliphatic rings. The molecule has 4 rings (SSSR count). The molecule has 1 fully saturated rings. The number of benzene rings is 1. The van der Waals surface area contributed by atoms with Gasteiger partial charge in [0.2, 0.25) is 0 Å². The van der Waals surface area contributed by atoms with E-state index in [-0.39, 0.29) is 35.5 Å². The Hall–Kier alpha value is -2.47. The van der Waals surface area contributed by atoms with Gasteiger partial charge in [-0.3, -0.25) is 14.3 Å². The first-order chi connectivity index (χ1) is 15.7. The van der Waals surface area contributed by atoms with E-state index in [9.17, 15) is 4.39 Å². The van der Waals surface area contributed by atoms with Crippen LogP contribution in [0.2, 0.25) is 0 Å². The van der Waals surface area contributed by atoms with E-state index in [1.807, 2.05) is 34.9 Å². The average Bonchev–Trinajstić information content (AvgIpc) is 3.22. The molecular weight excluding hydrogens is 536 g/mol. The highest BCUT2D eigenvalue weighted by Crippen LogP contribution is 2.19. The maximum atomic E-state index is 14.0. The molecule has 2 aromatic heterocycles. The Kier molecular flexibility index (Phi) is 9.24. The minimum absolute atomic E-state index is 0. The van der Waals surface area contributed by atoms with Crippen molar-refractivity contribution in [2.24, 2.45) is 4.99 Å². The zero-order valence-corrected chi connectivity index (χ0v) is 21.4. The number of fused-ring (bicyclic) bond motifs is 1. The van der Waals surface area contributed by atoms with Crippen molar-refractivity contribution in [2.45, 2.75) is 19.9 Å². The van der Waals surface area contributed by atoms with Crippen LogP contribution in [0.15, 0.2) is 47.6 Å². The second kappa shape index (κ2) is 12.1. The largest absolute Gasteiger partial charge is 0.494 e. The molecule has 0 spiro atoms. The van der Waals surface area contributed by atoms with Crippen molar-refractivity contribution in [2.75, 3.05) is 46.4 Å². The summed E-state index contributed by atoms with van der Waals surface area (Å²) in [6.07, 6.45) is 2.70. The summed E-state index contributed by atoms with van der Waals surface area (Å²) in [6, 6.07) is 11.1. The van der Waals surface area contributed by atoms with Gasteiger partial charge in [0.25, 0.3) is 0 Å². The van der Waals surface area contributed by atoms with Crippen LogP contribution >= 0.6 is 24.0 Å². The van der Waals surface area contributed by atoms with Gasteiger partial charge in [-0.1, -0.05) is 12.1 Å². The van der Waals surface area contributed by atoms with Gasteiger partial charge in [0.05, 0.1) is 7.11 Å². The predicted molar refractivity (Wildman–Crippen MR) is 138 cm³/mol. The van der Waals surface area contributed by atoms with E-state index in [1.54, 1.807) is 12.1 Å². The predicted octanol–water partition coefficient (Wildman–Crippen LogP) is 2.82. The van der Waals surface area contributed by atoms with Crippen molar-refractivity contribution in [1.82, 2.24) is 29.7 Å². The van der Waals surface area contributed by atoms with Gasteiger partial charge in [-0.05, 0) is 36.8 Å². The van der Waals surface area contributed by atoms with Gasteiger partial charge >= 0.3 is 0 Å². The second-order valence-electron chi connectivity index (χ2n) is 7.76. The molecule has 0 bridgehead atoms. The standard InChI is InChI=1S/C23H30FN7O.HI/c1-3-25-23(26-10-9-22-28-27-21-6-4-5-11-31(21)22)30-14-12-29(13-15-30)17-18-7-8-20(32-2)19(24)16-18;/h4-8,11,16H,3,9-10,12-15,17H2,1-2H3,(H,25,26);1H. The highest BCUT2D eigenvalue weighted by molar-refractivity contribution is 14.0. The number of hydrogen-bond acceptors (Lipinski definition) is 5. The Balaban J connectivity index is 0.00000306. The summed E-state index contributed by atoms with van der Waals surface area (Å²) in [5, 5.41) is 11.9. The van der Waals surface area contributed by atoms with Crippen LogP contribution in [0.25, 0.3) is 5.65 Å². The van der Waals surface area contributed by atoms with Crippen LogP contribution in [0.3, 0.4) is 0 Å². The van der Waals surface area contributed by atoms with Crippen molar-refractivity contribution in [3.63, 3.8) is 0 Å². The van der Waals surface area contributed by atoms with Crippen LogP contribution < -0.4 is 10.1 Å². The van der Waals surface area contributed by atoms with E-state index in [1.165, 1.54) is 7.11 Å². The van der Waals surface area contributed by atoms with Crippen molar-refractivity contribution in [1.29, 1.82) is 0 Å². The third-order valence-corrected chi connectivity index (χ3v) is 5.61. The number of hydrogen-bond donors (Lipinski definition) is 1. The third kappa shape index (κ3) is 6.32. The molecule has 1 aliphatic heterocycles. The first-order valence-corrected chi connectivity index (χ1v) is 11.0. The molecule has 1 saturated heterocycles. The molecule has 0 aliphatic carbocycles. The minimum Gasteiger partial charge on any atom is -0.494 e. The van der Waals surface area contributed by atoms with E-state index in [0.717, 1.165) is 68.7 Å². The van der Waals surface area contributed by atoms with Gasteiger partial charge in [-0.2, -0.15) is 0 Å². The SMILES string of the molecule is CCNC(=NCCc1nnc2ccccn12)N1CCN(Cc2ccc(OC)c(F)c2)CC1.I. The zero-order valence-electron chi connectivity index (χ0n) is 19.1. The first-order valence-electron chi connectivity index (χ1n) is 11.0. The van der Waals surface area contributed by atoms with Crippen molar-refractivity contribution < 1.29 is 9.13 Å². The maximum Gasteiger partial charge on any atom is 0.194 e. The number of piperazine rings is 1. The Morgan fingerprint density at radius 2 is 1.97 bits per heavy atom. The zero-order chi connectivity index (χ0) is 22.3. The van der Waals surface area contributed by atoms with E-state index in [0.29, 0.717) is 6.54 Å². The van der Waals surface area contributed by atoms with Gasteiger partial charge in [0.15, 0.2) is 23.2 Å². The van der Waals surface area contributed by atoms with Crippen LogP contribution in [0.5, 0.6) is 5.75 Å². The third-order valence-electron chi connectivity index (χ3n) is 5.61. The fraction of sp³-hybridized carbons (Fsp3) is 0.435. The molecule has 1 aromatic carbocycles. The highest BCUT2D eigenvalue weighted by Gasteiger charge is 2.20. The van der Waals surface area contributed by atoms with Crippen molar-refractivity contribution in [3.05, 3.63) is 59.8 Å². The normalized spacial score (nSPS) is 14.9. The summed E-state index contributed by atoms with van der Waals surface area (Å²) in [5.41, 5.74) is 1.81. The Bertz CT molecular complexity index is 1070.